The topological polar surface area (TPSA) is 20.3 Å². The molecule has 0 bridgehead atoms. The van der Waals surface area contributed by atoms with Gasteiger partial charge in [0.2, 0.25) is 0 Å². The van der Waals surface area contributed by atoms with Crippen LogP contribution in [0.5, 0.6) is 0 Å². The zero-order valence-corrected chi connectivity index (χ0v) is 11.4. The monoisotopic (exact) mass is 233 g/mol. The Bertz CT molecular complexity index is 373. The molecule has 2 rings (SSSR count). The van der Waals surface area contributed by atoms with Crippen LogP contribution in [0.4, 0.5) is 5.69 Å². The molecular weight excluding hydrogens is 210 g/mol. The molecule has 0 radical (unpaired) electrons. The highest BCUT2D eigenvalue weighted by molar-refractivity contribution is 5.85. The van der Waals surface area contributed by atoms with Crippen LogP contribution in [-0.2, 0) is 4.79 Å². The number of nitrogens with zero attached hydrogens (tertiary/aromatic N) is 1. The molecule has 1 heterocycles. The number of hydrogen-bond acceptors (Lipinski definition) is 2. The highest BCUT2D eigenvalue weighted by atomic mass is 16.1. The minimum Gasteiger partial charge on any atom is -0.361 e. The molecule has 1 atom stereocenters. The Morgan fingerprint density at radius 1 is 1.35 bits per heavy atom. The molecule has 0 N–H and O–H groups in total. The van der Waals surface area contributed by atoms with E-state index in [1.165, 1.54) is 11.3 Å². The minimum atomic E-state index is 0.104. The number of benzene rings is 1. The van der Waals surface area contributed by atoms with Crippen molar-refractivity contribution in [2.24, 2.45) is 0 Å². The zero-order chi connectivity index (χ0) is 12.8. The van der Waals surface area contributed by atoms with Gasteiger partial charge in [-0.1, -0.05) is 26.0 Å². The Balaban J connectivity index is 0.000000686. The fourth-order valence-corrected chi connectivity index (χ4v) is 2.31. The van der Waals surface area contributed by atoms with Gasteiger partial charge in [0.25, 0.3) is 0 Å². The van der Waals surface area contributed by atoms with E-state index in [0.717, 1.165) is 19.4 Å². The molecule has 94 valence electrons. The molecule has 17 heavy (non-hydrogen) atoms. The zero-order valence-electron chi connectivity index (χ0n) is 11.4. The molecule has 0 spiro atoms. The van der Waals surface area contributed by atoms with E-state index in [4.69, 9.17) is 0 Å². The van der Waals surface area contributed by atoms with E-state index in [9.17, 15) is 4.79 Å². The Kier molecular flexibility index (Phi) is 5.20. The van der Waals surface area contributed by atoms with E-state index in [1.54, 1.807) is 6.92 Å². The number of rotatable bonds is 2. The van der Waals surface area contributed by atoms with Gasteiger partial charge < -0.3 is 4.90 Å². The van der Waals surface area contributed by atoms with Gasteiger partial charge in [0, 0.05) is 12.2 Å². The van der Waals surface area contributed by atoms with Crippen LogP contribution >= 0.6 is 0 Å². The highest BCUT2D eigenvalue weighted by Crippen LogP contribution is 2.26. The Labute approximate surface area is 105 Å². The maximum atomic E-state index is 11.5. The van der Waals surface area contributed by atoms with Gasteiger partial charge in [-0.2, -0.15) is 0 Å². The lowest BCUT2D eigenvalue weighted by atomic mass is 10.1. The number of aryl methyl sites for hydroxylation is 1. The van der Waals surface area contributed by atoms with Gasteiger partial charge in [0.05, 0.1) is 6.04 Å². The maximum Gasteiger partial charge on any atom is 0.152 e. The molecular formula is C15H23NO. The SMILES string of the molecule is CC.CC(=O)C1CCCN1c1cccc(C)c1. The van der Waals surface area contributed by atoms with Crippen molar-refractivity contribution in [2.75, 3.05) is 11.4 Å². The summed E-state index contributed by atoms with van der Waals surface area (Å²) >= 11 is 0. The quantitative estimate of drug-likeness (QED) is 0.778. The van der Waals surface area contributed by atoms with Crippen molar-refractivity contribution < 1.29 is 4.79 Å². The van der Waals surface area contributed by atoms with Crippen LogP contribution in [0.15, 0.2) is 24.3 Å². The minimum absolute atomic E-state index is 0.104. The second kappa shape index (κ2) is 6.43. The van der Waals surface area contributed by atoms with Gasteiger partial charge in [-0.25, -0.2) is 0 Å². The molecule has 1 aliphatic rings. The second-order valence-corrected chi connectivity index (χ2v) is 4.30. The van der Waals surface area contributed by atoms with Gasteiger partial charge in [-0.3, -0.25) is 4.79 Å². The Hall–Kier alpha value is -1.31. The van der Waals surface area contributed by atoms with E-state index in [0.29, 0.717) is 0 Å². The van der Waals surface area contributed by atoms with E-state index in [1.807, 2.05) is 13.8 Å². The first-order valence-corrected chi connectivity index (χ1v) is 6.52. The number of carbonyl (C=O) groups excluding carboxylic acids is 1. The van der Waals surface area contributed by atoms with Crippen LogP contribution < -0.4 is 4.90 Å². The van der Waals surface area contributed by atoms with Crippen molar-refractivity contribution in [2.45, 2.75) is 46.6 Å². The fraction of sp³-hybridized carbons (Fsp3) is 0.533. The second-order valence-electron chi connectivity index (χ2n) is 4.30. The molecule has 1 aromatic carbocycles. The summed E-state index contributed by atoms with van der Waals surface area (Å²) in [5.74, 6) is 0.286. The van der Waals surface area contributed by atoms with Crippen molar-refractivity contribution in [1.82, 2.24) is 0 Å². The van der Waals surface area contributed by atoms with Gasteiger partial charge in [0.1, 0.15) is 0 Å². The van der Waals surface area contributed by atoms with Gasteiger partial charge in [-0.05, 0) is 44.4 Å². The normalized spacial score (nSPS) is 18.6. The number of hydrogen-bond donors (Lipinski definition) is 0. The fourth-order valence-electron chi connectivity index (χ4n) is 2.31. The van der Waals surface area contributed by atoms with Crippen LogP contribution in [0.3, 0.4) is 0 Å². The summed E-state index contributed by atoms with van der Waals surface area (Å²) in [6.07, 6.45) is 2.13. The number of ketones is 1. The summed E-state index contributed by atoms with van der Waals surface area (Å²) in [4.78, 5) is 13.7. The largest absolute Gasteiger partial charge is 0.361 e. The van der Waals surface area contributed by atoms with Crippen molar-refractivity contribution in [1.29, 1.82) is 0 Å². The van der Waals surface area contributed by atoms with Crippen LogP contribution in [0.25, 0.3) is 0 Å². The van der Waals surface area contributed by atoms with Crippen molar-refractivity contribution >= 4 is 11.5 Å². The first kappa shape index (κ1) is 13.8. The van der Waals surface area contributed by atoms with Gasteiger partial charge in [0.15, 0.2) is 5.78 Å². The molecule has 0 amide bonds. The molecule has 0 aromatic heterocycles. The number of Topliss-reactive ketones (excluding diaryl/α,β-unsaturated/α-hetero) is 1. The van der Waals surface area contributed by atoms with E-state index in [2.05, 4.69) is 36.1 Å². The first-order valence-electron chi connectivity index (χ1n) is 6.52. The first-order chi connectivity index (χ1) is 8.18. The van der Waals surface area contributed by atoms with Gasteiger partial charge >= 0.3 is 0 Å². The van der Waals surface area contributed by atoms with Crippen LogP contribution in [0.1, 0.15) is 39.2 Å². The molecule has 0 aliphatic carbocycles. The molecule has 2 nitrogen and oxygen atoms in total. The van der Waals surface area contributed by atoms with E-state index < -0.39 is 0 Å². The summed E-state index contributed by atoms with van der Waals surface area (Å²) in [6, 6.07) is 8.49. The Morgan fingerprint density at radius 3 is 2.65 bits per heavy atom. The van der Waals surface area contributed by atoms with Crippen molar-refractivity contribution in [3.8, 4) is 0 Å². The lowest BCUT2D eigenvalue weighted by Gasteiger charge is -2.25. The van der Waals surface area contributed by atoms with Crippen LogP contribution in [0.2, 0.25) is 0 Å². The van der Waals surface area contributed by atoms with Crippen LogP contribution in [0, 0.1) is 6.92 Å². The average molecular weight is 233 g/mol. The van der Waals surface area contributed by atoms with E-state index in [-0.39, 0.29) is 11.8 Å². The number of anilines is 1. The molecule has 1 aromatic rings. The van der Waals surface area contributed by atoms with Gasteiger partial charge in [-0.15, -0.1) is 0 Å². The standard InChI is InChI=1S/C13H17NO.C2H6/c1-10-5-3-6-12(9-10)14-8-4-7-13(14)11(2)15;1-2/h3,5-6,9,13H,4,7-8H2,1-2H3;1-2H3. The third-order valence-electron chi connectivity index (χ3n) is 3.06. The predicted octanol–water partition coefficient (Wildman–Crippen LogP) is 3.58. The third kappa shape index (κ3) is 3.32. The smallest absolute Gasteiger partial charge is 0.152 e. The van der Waals surface area contributed by atoms with E-state index >= 15 is 0 Å². The highest BCUT2D eigenvalue weighted by Gasteiger charge is 2.27. The predicted molar refractivity (Wildman–Crippen MR) is 73.6 cm³/mol. The summed E-state index contributed by atoms with van der Waals surface area (Å²) in [6.45, 7) is 8.79. The third-order valence-corrected chi connectivity index (χ3v) is 3.06. The van der Waals surface area contributed by atoms with Crippen LogP contribution in [-0.4, -0.2) is 18.4 Å². The van der Waals surface area contributed by atoms with Crippen molar-refractivity contribution in [3.63, 3.8) is 0 Å². The average Bonchev–Trinajstić information content (AvgIpc) is 2.80. The molecule has 1 saturated heterocycles. The molecule has 1 fully saturated rings. The lowest BCUT2D eigenvalue weighted by molar-refractivity contribution is -0.118. The Morgan fingerprint density at radius 2 is 2.06 bits per heavy atom. The lowest BCUT2D eigenvalue weighted by Crippen LogP contribution is -2.34. The molecule has 1 unspecified atom stereocenters. The molecule has 0 saturated carbocycles. The summed E-state index contributed by atoms with van der Waals surface area (Å²) < 4.78 is 0. The van der Waals surface area contributed by atoms with Crippen molar-refractivity contribution in [3.05, 3.63) is 29.8 Å². The summed E-state index contributed by atoms with van der Waals surface area (Å²) in [5.41, 5.74) is 2.44. The molecule has 2 heteroatoms. The summed E-state index contributed by atoms with van der Waals surface area (Å²) in [7, 11) is 0. The summed E-state index contributed by atoms with van der Waals surface area (Å²) in [5, 5.41) is 0. The molecule has 1 aliphatic heterocycles. The maximum absolute atomic E-state index is 11.5. The number of carbonyl (C=O) groups is 1.